The summed E-state index contributed by atoms with van der Waals surface area (Å²) in [4.78, 5) is 43.0. The minimum atomic E-state index is -0.478. The van der Waals surface area contributed by atoms with Crippen molar-refractivity contribution in [2.24, 2.45) is 11.8 Å². The van der Waals surface area contributed by atoms with Crippen LogP contribution in [0.5, 0.6) is 0 Å². The van der Waals surface area contributed by atoms with E-state index in [1.54, 1.807) is 21.9 Å². The normalized spacial score (nSPS) is 15.3. The highest BCUT2D eigenvalue weighted by Crippen LogP contribution is 2.11. The van der Waals surface area contributed by atoms with Crippen molar-refractivity contribution >= 4 is 11.8 Å². The van der Waals surface area contributed by atoms with Crippen LogP contribution in [-0.2, 0) is 6.54 Å². The van der Waals surface area contributed by atoms with E-state index in [2.05, 4.69) is 51.8 Å². The number of nitrogens with zero attached hydrogens (tertiary/aromatic N) is 3. The third-order valence-corrected chi connectivity index (χ3v) is 5.47. The van der Waals surface area contributed by atoms with E-state index < -0.39 is 11.3 Å². The lowest BCUT2D eigenvalue weighted by molar-refractivity contribution is 0.0593. The highest BCUT2D eigenvalue weighted by Gasteiger charge is 2.27. The second-order valence-corrected chi connectivity index (χ2v) is 9.37. The molecular weight excluding hydrogens is 380 g/mol. The van der Waals surface area contributed by atoms with Crippen molar-refractivity contribution in [1.82, 2.24) is 19.7 Å². The predicted molar refractivity (Wildman–Crippen MR) is 120 cm³/mol. The quantitative estimate of drug-likeness (QED) is 0.704. The van der Waals surface area contributed by atoms with E-state index in [1.165, 1.54) is 0 Å². The summed E-state index contributed by atoms with van der Waals surface area (Å²) in [6.45, 7) is 16.5. The molecule has 1 aromatic heterocycles. The fourth-order valence-electron chi connectivity index (χ4n) is 3.65. The fraction of sp³-hybridized carbons (Fsp3) is 0.696. The van der Waals surface area contributed by atoms with Crippen molar-refractivity contribution in [1.29, 1.82) is 0 Å². The van der Waals surface area contributed by atoms with Crippen molar-refractivity contribution in [3.63, 3.8) is 0 Å². The van der Waals surface area contributed by atoms with Gasteiger partial charge in [0.15, 0.2) is 0 Å². The first kappa shape index (κ1) is 24.1. The molecule has 2 heterocycles. The summed E-state index contributed by atoms with van der Waals surface area (Å²) in [5.41, 5.74) is -0.343. The van der Waals surface area contributed by atoms with Gasteiger partial charge in [0, 0.05) is 57.7 Å². The van der Waals surface area contributed by atoms with Gasteiger partial charge in [0.2, 0.25) is 5.43 Å². The first-order chi connectivity index (χ1) is 14.1. The summed E-state index contributed by atoms with van der Waals surface area (Å²) >= 11 is 0. The van der Waals surface area contributed by atoms with Crippen LogP contribution in [0.25, 0.3) is 0 Å². The third kappa shape index (κ3) is 6.42. The summed E-state index contributed by atoms with van der Waals surface area (Å²) in [5.74, 6) is 0.0948. The Morgan fingerprint density at radius 3 is 2.07 bits per heavy atom. The first-order valence-corrected chi connectivity index (χ1v) is 11.2. The van der Waals surface area contributed by atoms with Crippen LogP contribution in [0.3, 0.4) is 0 Å². The maximum absolute atomic E-state index is 13.2. The lowest BCUT2D eigenvalue weighted by atomic mass is 10.1. The first-order valence-electron chi connectivity index (χ1n) is 11.2. The minimum Gasteiger partial charge on any atom is -0.352 e. The maximum Gasteiger partial charge on any atom is 0.259 e. The molecule has 0 spiro atoms. The molecule has 1 aliphatic rings. The number of piperazine rings is 1. The van der Waals surface area contributed by atoms with Crippen molar-refractivity contribution in [3.05, 3.63) is 33.7 Å². The zero-order valence-corrected chi connectivity index (χ0v) is 19.4. The van der Waals surface area contributed by atoms with E-state index in [-0.39, 0.29) is 17.0 Å². The number of carbonyl (C=O) groups is 2. The highest BCUT2D eigenvalue weighted by molar-refractivity contribution is 5.99. The molecule has 1 fully saturated rings. The smallest absolute Gasteiger partial charge is 0.259 e. The standard InChI is InChI=1S/C23H38N4O3/c1-16(2)7-8-24-22(29)19-14-25(13-17(3)4)15-20(21(19)28)23(30)27-11-9-26(10-12-27)18(5)6/h14-18H,7-13H2,1-6H3,(H,24,29). The SMILES string of the molecule is CC(C)CCNC(=O)c1cn(CC(C)C)cc(C(=O)N2CCN(C(C)C)CC2)c1=O. The number of carbonyl (C=O) groups excluding carboxylic acids is 2. The lowest BCUT2D eigenvalue weighted by Gasteiger charge is -2.36. The fourth-order valence-corrected chi connectivity index (χ4v) is 3.65. The summed E-state index contributed by atoms with van der Waals surface area (Å²) in [5, 5.41) is 2.83. The monoisotopic (exact) mass is 418 g/mol. The highest BCUT2D eigenvalue weighted by atomic mass is 16.2. The third-order valence-electron chi connectivity index (χ3n) is 5.47. The van der Waals surface area contributed by atoms with Gasteiger partial charge in [-0.1, -0.05) is 27.7 Å². The summed E-state index contributed by atoms with van der Waals surface area (Å²) in [7, 11) is 0. The van der Waals surface area contributed by atoms with Crippen LogP contribution in [0.15, 0.2) is 17.2 Å². The van der Waals surface area contributed by atoms with Gasteiger partial charge < -0.3 is 14.8 Å². The minimum absolute atomic E-state index is 0.0473. The predicted octanol–water partition coefficient (Wildman–Crippen LogP) is 2.45. The molecule has 0 aromatic carbocycles. The molecule has 0 radical (unpaired) electrons. The molecule has 1 N–H and O–H groups in total. The van der Waals surface area contributed by atoms with Crippen molar-refractivity contribution in [2.75, 3.05) is 32.7 Å². The average molecular weight is 419 g/mol. The van der Waals surface area contributed by atoms with Gasteiger partial charge in [-0.05, 0) is 32.1 Å². The zero-order chi connectivity index (χ0) is 22.4. The Hall–Kier alpha value is -2.15. The molecule has 168 valence electrons. The van der Waals surface area contributed by atoms with Crippen LogP contribution in [0.2, 0.25) is 0 Å². The molecule has 1 aliphatic heterocycles. The van der Waals surface area contributed by atoms with Gasteiger partial charge in [-0.25, -0.2) is 0 Å². The molecule has 0 atom stereocenters. The van der Waals surface area contributed by atoms with Gasteiger partial charge in [-0.3, -0.25) is 19.3 Å². The Morgan fingerprint density at radius 2 is 1.53 bits per heavy atom. The van der Waals surface area contributed by atoms with Gasteiger partial charge in [-0.15, -0.1) is 0 Å². The molecule has 2 rings (SSSR count). The Morgan fingerprint density at radius 1 is 0.933 bits per heavy atom. The Labute approximate surface area is 180 Å². The van der Waals surface area contributed by atoms with E-state index >= 15 is 0 Å². The molecule has 7 heteroatoms. The molecule has 2 amide bonds. The van der Waals surface area contributed by atoms with Crippen LogP contribution in [0.4, 0.5) is 0 Å². The number of hydrogen-bond acceptors (Lipinski definition) is 4. The molecule has 30 heavy (non-hydrogen) atoms. The van der Waals surface area contributed by atoms with Gasteiger partial charge in [-0.2, -0.15) is 0 Å². The molecule has 0 saturated carbocycles. The van der Waals surface area contributed by atoms with Crippen molar-refractivity contribution < 1.29 is 9.59 Å². The number of amides is 2. The molecule has 1 saturated heterocycles. The molecule has 0 aliphatic carbocycles. The number of hydrogen-bond donors (Lipinski definition) is 1. The molecule has 0 bridgehead atoms. The number of aromatic nitrogens is 1. The number of nitrogens with one attached hydrogen (secondary N) is 1. The zero-order valence-electron chi connectivity index (χ0n) is 19.4. The molecular formula is C23H38N4O3. The second-order valence-electron chi connectivity index (χ2n) is 9.37. The molecule has 1 aromatic rings. The van der Waals surface area contributed by atoms with Crippen LogP contribution >= 0.6 is 0 Å². The second kappa shape index (κ2) is 10.8. The van der Waals surface area contributed by atoms with E-state index in [4.69, 9.17) is 0 Å². The Kier molecular flexibility index (Phi) is 8.65. The maximum atomic E-state index is 13.2. The largest absolute Gasteiger partial charge is 0.352 e. The topological polar surface area (TPSA) is 74.7 Å². The Balaban J connectivity index is 2.28. The average Bonchev–Trinajstić information content (AvgIpc) is 2.67. The van der Waals surface area contributed by atoms with Crippen molar-refractivity contribution in [3.8, 4) is 0 Å². The van der Waals surface area contributed by atoms with Crippen LogP contribution < -0.4 is 10.7 Å². The van der Waals surface area contributed by atoms with E-state index in [1.807, 2.05) is 0 Å². The van der Waals surface area contributed by atoms with E-state index in [9.17, 15) is 14.4 Å². The van der Waals surface area contributed by atoms with Crippen molar-refractivity contribution in [2.45, 2.75) is 60.5 Å². The van der Waals surface area contributed by atoms with Gasteiger partial charge >= 0.3 is 0 Å². The van der Waals surface area contributed by atoms with Crippen LogP contribution in [0, 0.1) is 11.8 Å². The molecule has 7 nitrogen and oxygen atoms in total. The lowest BCUT2D eigenvalue weighted by Crippen LogP contribution is -2.51. The van der Waals surface area contributed by atoms with Gasteiger partial charge in [0.1, 0.15) is 11.1 Å². The Bertz CT molecular complexity index is 790. The van der Waals surface area contributed by atoms with Gasteiger partial charge in [0.05, 0.1) is 0 Å². The summed E-state index contributed by atoms with van der Waals surface area (Å²) < 4.78 is 1.81. The summed E-state index contributed by atoms with van der Waals surface area (Å²) in [6, 6.07) is 0.434. The van der Waals surface area contributed by atoms with E-state index in [0.29, 0.717) is 44.1 Å². The molecule has 0 unspecified atom stereocenters. The van der Waals surface area contributed by atoms with E-state index in [0.717, 1.165) is 19.5 Å². The van der Waals surface area contributed by atoms with Gasteiger partial charge in [0.25, 0.3) is 11.8 Å². The number of rotatable bonds is 8. The van der Waals surface area contributed by atoms with Crippen LogP contribution in [-0.4, -0.2) is 64.9 Å². The number of pyridine rings is 1. The van der Waals surface area contributed by atoms with Crippen LogP contribution in [0.1, 0.15) is 68.7 Å². The summed E-state index contributed by atoms with van der Waals surface area (Å²) in [6.07, 6.45) is 4.04.